The molecule has 192 valence electrons. The van der Waals surface area contributed by atoms with Gasteiger partial charge in [-0.05, 0) is 37.3 Å². The Morgan fingerprint density at radius 1 is 0.861 bits per heavy atom. The average Bonchev–Trinajstić information content (AvgIpc) is 2.94. The minimum Gasteiger partial charge on any atom is -0.493 e. The Morgan fingerprint density at radius 2 is 1.56 bits per heavy atom. The molecule has 1 aromatic heterocycles. The Bertz CT molecular complexity index is 1140. The fraction of sp³-hybridized carbons (Fsp3) is 0.500. The van der Waals surface area contributed by atoms with E-state index in [0.29, 0.717) is 23.6 Å². The summed E-state index contributed by atoms with van der Waals surface area (Å²) in [6.07, 6.45) is 4.41. The zero-order valence-corrected chi connectivity index (χ0v) is 21.6. The highest BCUT2D eigenvalue weighted by Crippen LogP contribution is 2.36. The van der Waals surface area contributed by atoms with Crippen molar-refractivity contribution < 1.29 is 14.2 Å². The third-order valence-electron chi connectivity index (χ3n) is 7.42. The number of hydrogen-bond donors (Lipinski definition) is 1. The van der Waals surface area contributed by atoms with Crippen LogP contribution in [0.5, 0.6) is 11.5 Å². The molecule has 8 heteroatoms. The second-order valence-electron chi connectivity index (χ2n) is 9.70. The van der Waals surface area contributed by atoms with Gasteiger partial charge in [0.1, 0.15) is 5.82 Å². The number of hydrogen-bond acceptors (Lipinski definition) is 8. The molecule has 2 aromatic carbocycles. The molecule has 36 heavy (non-hydrogen) atoms. The van der Waals surface area contributed by atoms with Crippen molar-refractivity contribution in [2.24, 2.45) is 0 Å². The van der Waals surface area contributed by atoms with Crippen molar-refractivity contribution in [3.05, 3.63) is 48.0 Å². The lowest BCUT2D eigenvalue weighted by Gasteiger charge is -2.34. The zero-order chi connectivity index (χ0) is 24.9. The molecule has 0 aliphatic carbocycles. The summed E-state index contributed by atoms with van der Waals surface area (Å²) < 4.78 is 16.7. The molecule has 0 bridgehead atoms. The number of methoxy groups -OCH3 is 3. The van der Waals surface area contributed by atoms with E-state index >= 15 is 0 Å². The van der Waals surface area contributed by atoms with Gasteiger partial charge in [0.15, 0.2) is 11.5 Å². The lowest BCUT2D eigenvalue weighted by atomic mass is 10.0. The fourth-order valence-electron chi connectivity index (χ4n) is 5.26. The first-order chi connectivity index (χ1) is 17.7. The smallest absolute Gasteiger partial charge is 0.227 e. The van der Waals surface area contributed by atoms with Gasteiger partial charge in [-0.3, -0.25) is 4.90 Å². The zero-order valence-electron chi connectivity index (χ0n) is 21.6. The Morgan fingerprint density at radius 3 is 2.22 bits per heavy atom. The molecule has 8 nitrogen and oxygen atoms in total. The van der Waals surface area contributed by atoms with Crippen LogP contribution in [0.15, 0.2) is 42.5 Å². The summed E-state index contributed by atoms with van der Waals surface area (Å²) in [5.74, 6) is 2.98. The van der Waals surface area contributed by atoms with Gasteiger partial charge >= 0.3 is 0 Å². The molecule has 3 aromatic rings. The normalized spacial score (nSPS) is 17.9. The molecule has 0 saturated carbocycles. The predicted molar refractivity (Wildman–Crippen MR) is 143 cm³/mol. The van der Waals surface area contributed by atoms with E-state index in [9.17, 15) is 0 Å². The lowest BCUT2D eigenvalue weighted by molar-refractivity contribution is 0.0817. The predicted octanol–water partition coefficient (Wildman–Crippen LogP) is 4.34. The molecule has 2 aliphatic heterocycles. The minimum atomic E-state index is 0.310. The van der Waals surface area contributed by atoms with E-state index in [1.807, 2.05) is 12.1 Å². The van der Waals surface area contributed by atoms with Crippen molar-refractivity contribution in [2.45, 2.75) is 44.4 Å². The highest BCUT2D eigenvalue weighted by atomic mass is 16.5. The number of likely N-dealkylation sites (tertiary alicyclic amines) is 1. The monoisotopic (exact) mass is 491 g/mol. The molecule has 3 heterocycles. The van der Waals surface area contributed by atoms with E-state index in [-0.39, 0.29) is 0 Å². The SMILES string of the molecule is COc1cc2nc(N3CCC(OC)CC3)nc(NC3CCN(Cc4ccccc4)CC3)c2cc1OC. The first-order valence-corrected chi connectivity index (χ1v) is 12.9. The van der Waals surface area contributed by atoms with Crippen molar-refractivity contribution in [1.29, 1.82) is 0 Å². The van der Waals surface area contributed by atoms with Crippen LogP contribution in [0.1, 0.15) is 31.2 Å². The highest BCUT2D eigenvalue weighted by Gasteiger charge is 2.25. The summed E-state index contributed by atoms with van der Waals surface area (Å²) in [7, 11) is 5.11. The highest BCUT2D eigenvalue weighted by molar-refractivity contribution is 5.93. The van der Waals surface area contributed by atoms with Gasteiger partial charge in [0, 0.05) is 57.3 Å². The van der Waals surface area contributed by atoms with Crippen LogP contribution in [-0.2, 0) is 11.3 Å². The average molecular weight is 492 g/mol. The van der Waals surface area contributed by atoms with Gasteiger partial charge in [-0.25, -0.2) is 4.98 Å². The van der Waals surface area contributed by atoms with Gasteiger partial charge in [-0.2, -0.15) is 4.98 Å². The molecule has 1 N–H and O–H groups in total. The topological polar surface area (TPSA) is 72.0 Å². The van der Waals surface area contributed by atoms with Gasteiger partial charge in [0.25, 0.3) is 0 Å². The van der Waals surface area contributed by atoms with E-state index in [2.05, 4.69) is 45.4 Å². The van der Waals surface area contributed by atoms with E-state index < -0.39 is 0 Å². The summed E-state index contributed by atoms with van der Waals surface area (Å²) in [6, 6.07) is 15.0. The maximum Gasteiger partial charge on any atom is 0.227 e. The van der Waals surface area contributed by atoms with Crippen molar-refractivity contribution >= 4 is 22.7 Å². The number of anilines is 2. The summed E-state index contributed by atoms with van der Waals surface area (Å²) in [4.78, 5) is 14.8. The molecule has 0 radical (unpaired) electrons. The van der Waals surface area contributed by atoms with Crippen LogP contribution in [-0.4, -0.2) is 74.5 Å². The molecular weight excluding hydrogens is 454 g/mol. The van der Waals surface area contributed by atoms with Crippen molar-refractivity contribution in [3.63, 3.8) is 0 Å². The van der Waals surface area contributed by atoms with Crippen molar-refractivity contribution in [2.75, 3.05) is 57.7 Å². The number of benzene rings is 2. The molecule has 0 atom stereocenters. The first-order valence-electron chi connectivity index (χ1n) is 12.9. The lowest BCUT2D eigenvalue weighted by Crippen LogP contribution is -2.39. The Hall–Kier alpha value is -3.10. The number of piperidine rings is 2. The standard InChI is InChI=1S/C28H37N5O3/c1-34-22-11-15-33(16-12-22)28-30-24-18-26(36-3)25(35-2)17-23(24)27(31-28)29-21-9-13-32(14-10-21)19-20-7-5-4-6-8-20/h4-8,17-18,21-22H,9-16,19H2,1-3H3,(H,29,30,31). The van der Waals surface area contributed by atoms with Crippen LogP contribution in [0.4, 0.5) is 11.8 Å². The van der Waals surface area contributed by atoms with Crippen LogP contribution < -0.4 is 19.7 Å². The molecule has 0 spiro atoms. The van der Waals surface area contributed by atoms with Crippen LogP contribution in [0.25, 0.3) is 10.9 Å². The molecule has 0 amide bonds. The Balaban J connectivity index is 1.37. The van der Waals surface area contributed by atoms with E-state index in [1.165, 1.54) is 5.56 Å². The summed E-state index contributed by atoms with van der Waals surface area (Å²) in [5.41, 5.74) is 2.23. The second kappa shape index (κ2) is 11.3. The largest absolute Gasteiger partial charge is 0.493 e. The fourth-order valence-corrected chi connectivity index (χ4v) is 5.26. The quantitative estimate of drug-likeness (QED) is 0.499. The summed E-state index contributed by atoms with van der Waals surface area (Å²) >= 11 is 0. The molecule has 0 unspecified atom stereocenters. The van der Waals surface area contributed by atoms with Crippen molar-refractivity contribution in [3.8, 4) is 11.5 Å². The maximum absolute atomic E-state index is 5.59. The third kappa shape index (κ3) is 5.50. The van der Waals surface area contributed by atoms with Gasteiger partial charge in [0.2, 0.25) is 5.95 Å². The van der Waals surface area contributed by atoms with Gasteiger partial charge in [-0.1, -0.05) is 30.3 Å². The van der Waals surface area contributed by atoms with Crippen LogP contribution in [0.3, 0.4) is 0 Å². The second-order valence-corrected chi connectivity index (χ2v) is 9.70. The number of rotatable bonds is 8. The maximum atomic E-state index is 5.59. The number of aromatic nitrogens is 2. The van der Waals surface area contributed by atoms with Gasteiger partial charge in [-0.15, -0.1) is 0 Å². The molecule has 2 saturated heterocycles. The molecule has 2 fully saturated rings. The third-order valence-corrected chi connectivity index (χ3v) is 7.42. The summed E-state index contributed by atoms with van der Waals surface area (Å²) in [6.45, 7) is 4.89. The first kappa shape index (κ1) is 24.6. The van der Waals surface area contributed by atoms with Gasteiger partial charge < -0.3 is 24.4 Å². The van der Waals surface area contributed by atoms with Crippen LogP contribution in [0.2, 0.25) is 0 Å². The molecule has 2 aliphatic rings. The van der Waals surface area contributed by atoms with E-state index in [4.69, 9.17) is 24.2 Å². The molecule has 5 rings (SSSR count). The molecular formula is C28H37N5O3. The van der Waals surface area contributed by atoms with Gasteiger partial charge in [0.05, 0.1) is 25.8 Å². The minimum absolute atomic E-state index is 0.310. The van der Waals surface area contributed by atoms with Crippen molar-refractivity contribution in [1.82, 2.24) is 14.9 Å². The number of fused-ring (bicyclic) bond motifs is 1. The van der Waals surface area contributed by atoms with E-state index in [1.54, 1.807) is 21.3 Å². The summed E-state index contributed by atoms with van der Waals surface area (Å²) in [5, 5.41) is 4.72. The van der Waals surface area contributed by atoms with Crippen LogP contribution in [0, 0.1) is 0 Å². The number of nitrogens with one attached hydrogen (secondary N) is 1. The number of ether oxygens (including phenoxy) is 3. The number of nitrogens with zero attached hydrogens (tertiary/aromatic N) is 4. The Kier molecular flexibility index (Phi) is 7.72. The van der Waals surface area contributed by atoms with Crippen LogP contribution >= 0.6 is 0 Å². The van der Waals surface area contributed by atoms with E-state index in [0.717, 1.165) is 81.1 Å². The Labute approximate surface area is 213 Å².